The normalized spacial score (nSPS) is 29.6. The summed E-state index contributed by atoms with van der Waals surface area (Å²) in [7, 11) is 0. The van der Waals surface area contributed by atoms with E-state index in [0.29, 0.717) is 12.5 Å². The van der Waals surface area contributed by atoms with E-state index < -0.39 is 11.4 Å². The second-order valence-corrected chi connectivity index (χ2v) is 7.16. The highest BCUT2D eigenvalue weighted by Crippen LogP contribution is 2.49. The molecule has 0 unspecified atom stereocenters. The van der Waals surface area contributed by atoms with Crippen molar-refractivity contribution in [1.29, 1.82) is 0 Å². The Morgan fingerprint density at radius 3 is 3.00 bits per heavy atom. The fourth-order valence-electron chi connectivity index (χ4n) is 3.86. The summed E-state index contributed by atoms with van der Waals surface area (Å²) in [4.78, 5) is 14.0. The van der Waals surface area contributed by atoms with Crippen LogP contribution in [0.2, 0.25) is 0 Å². The number of hydrogen-bond acceptors (Lipinski definition) is 2. The number of likely N-dealkylation sites (tertiary alicyclic amines) is 1. The van der Waals surface area contributed by atoms with Gasteiger partial charge in [-0.3, -0.25) is 9.69 Å². The second kappa shape index (κ2) is 5.15. The van der Waals surface area contributed by atoms with Gasteiger partial charge in [0.05, 0.1) is 5.41 Å². The Labute approximate surface area is 128 Å². The number of carbonyl (C=O) groups is 1. The molecule has 0 aromatic heterocycles. The van der Waals surface area contributed by atoms with Crippen LogP contribution in [0.4, 0.5) is 0 Å². The topological polar surface area (TPSA) is 40.5 Å². The van der Waals surface area contributed by atoms with Gasteiger partial charge >= 0.3 is 5.97 Å². The first-order valence-electron chi connectivity index (χ1n) is 7.22. The molecule has 20 heavy (non-hydrogen) atoms. The molecule has 0 radical (unpaired) electrons. The van der Waals surface area contributed by atoms with Crippen LogP contribution in [0.5, 0.6) is 0 Å². The van der Waals surface area contributed by atoms with Gasteiger partial charge in [0.25, 0.3) is 0 Å². The van der Waals surface area contributed by atoms with Crippen LogP contribution in [0.3, 0.4) is 0 Å². The van der Waals surface area contributed by atoms with Crippen molar-refractivity contribution < 1.29 is 9.90 Å². The van der Waals surface area contributed by atoms with Gasteiger partial charge in [0.2, 0.25) is 0 Å². The molecule has 1 aliphatic heterocycles. The molecule has 1 aromatic carbocycles. The number of rotatable bonds is 3. The standard InChI is InChI=1S/C16H20BrNO2/c1-11-4-5-12(7-14(11)17)8-18-9-13-3-2-6-16(13,10-18)15(19)20/h4-5,7,13H,2-3,6,8-10H2,1H3,(H,19,20)/t13-,16+/m0/s1. The Morgan fingerprint density at radius 1 is 1.55 bits per heavy atom. The van der Waals surface area contributed by atoms with Crippen LogP contribution in [0, 0.1) is 18.3 Å². The van der Waals surface area contributed by atoms with Crippen molar-refractivity contribution in [3.05, 3.63) is 33.8 Å². The van der Waals surface area contributed by atoms with E-state index in [9.17, 15) is 9.90 Å². The Balaban J connectivity index is 1.74. The van der Waals surface area contributed by atoms with E-state index >= 15 is 0 Å². The lowest BCUT2D eigenvalue weighted by Crippen LogP contribution is -2.35. The molecular weight excluding hydrogens is 318 g/mol. The third-order valence-electron chi connectivity index (χ3n) is 5.01. The van der Waals surface area contributed by atoms with E-state index in [0.717, 1.165) is 36.8 Å². The third-order valence-corrected chi connectivity index (χ3v) is 5.86. The van der Waals surface area contributed by atoms with Crippen molar-refractivity contribution in [2.45, 2.75) is 32.7 Å². The first kappa shape index (κ1) is 14.1. The fourth-order valence-corrected chi connectivity index (χ4v) is 4.28. The van der Waals surface area contributed by atoms with Gasteiger partial charge in [0.15, 0.2) is 0 Å². The summed E-state index contributed by atoms with van der Waals surface area (Å²) in [5.74, 6) is -0.249. The number of aliphatic carboxylic acids is 1. The van der Waals surface area contributed by atoms with E-state index in [1.54, 1.807) is 0 Å². The Kier molecular flexibility index (Phi) is 3.63. The fraction of sp³-hybridized carbons (Fsp3) is 0.562. The molecule has 0 spiro atoms. The summed E-state index contributed by atoms with van der Waals surface area (Å²) >= 11 is 3.57. The van der Waals surface area contributed by atoms with Gasteiger partial charge in [-0.2, -0.15) is 0 Å². The quantitative estimate of drug-likeness (QED) is 0.918. The van der Waals surface area contributed by atoms with Gasteiger partial charge in [0.1, 0.15) is 0 Å². The van der Waals surface area contributed by atoms with E-state index in [-0.39, 0.29) is 0 Å². The molecule has 1 saturated carbocycles. The lowest BCUT2D eigenvalue weighted by atomic mass is 9.81. The van der Waals surface area contributed by atoms with Crippen molar-refractivity contribution in [1.82, 2.24) is 4.90 Å². The van der Waals surface area contributed by atoms with Crippen LogP contribution < -0.4 is 0 Å². The van der Waals surface area contributed by atoms with Crippen LogP contribution >= 0.6 is 15.9 Å². The van der Waals surface area contributed by atoms with E-state index in [1.807, 2.05) is 0 Å². The molecule has 1 saturated heterocycles. The van der Waals surface area contributed by atoms with Crippen LogP contribution in [0.1, 0.15) is 30.4 Å². The monoisotopic (exact) mass is 337 g/mol. The summed E-state index contributed by atoms with van der Waals surface area (Å²) in [6.45, 7) is 4.56. The maximum Gasteiger partial charge on any atom is 0.311 e. The maximum atomic E-state index is 11.7. The zero-order chi connectivity index (χ0) is 14.3. The van der Waals surface area contributed by atoms with E-state index in [2.05, 4.69) is 46.0 Å². The van der Waals surface area contributed by atoms with Crippen LogP contribution in [-0.2, 0) is 11.3 Å². The Bertz CT molecular complexity index is 545. The predicted octanol–water partition coefficient (Wildman–Crippen LogP) is 3.44. The number of hydrogen-bond donors (Lipinski definition) is 1. The second-order valence-electron chi connectivity index (χ2n) is 6.30. The number of fused-ring (bicyclic) bond motifs is 1. The SMILES string of the molecule is Cc1ccc(CN2C[C@@H]3CCC[C@@]3(C(=O)O)C2)cc1Br. The number of halogens is 1. The number of nitrogens with zero attached hydrogens (tertiary/aromatic N) is 1. The molecule has 1 aromatic rings. The molecule has 1 aliphatic carbocycles. The summed E-state index contributed by atoms with van der Waals surface area (Å²) < 4.78 is 1.13. The van der Waals surface area contributed by atoms with E-state index in [4.69, 9.17) is 0 Å². The molecule has 1 N–H and O–H groups in total. The number of aryl methyl sites for hydroxylation is 1. The third kappa shape index (κ3) is 2.29. The first-order valence-corrected chi connectivity index (χ1v) is 8.01. The minimum Gasteiger partial charge on any atom is -0.481 e. The average molecular weight is 338 g/mol. The molecule has 0 bridgehead atoms. The van der Waals surface area contributed by atoms with Crippen LogP contribution in [-0.4, -0.2) is 29.1 Å². The van der Waals surface area contributed by atoms with Crippen molar-refractivity contribution in [3.63, 3.8) is 0 Å². The number of carboxylic acids is 1. The summed E-state index contributed by atoms with van der Waals surface area (Å²) in [6.07, 6.45) is 2.99. The molecule has 0 amide bonds. The molecule has 2 atom stereocenters. The van der Waals surface area contributed by atoms with Gasteiger partial charge in [-0.1, -0.05) is 34.5 Å². The van der Waals surface area contributed by atoms with Crippen molar-refractivity contribution >= 4 is 21.9 Å². The molecule has 2 fully saturated rings. The summed E-state index contributed by atoms with van der Waals surface area (Å²) in [5.41, 5.74) is 2.01. The average Bonchev–Trinajstić information content (AvgIpc) is 2.91. The van der Waals surface area contributed by atoms with E-state index in [1.165, 1.54) is 11.1 Å². The van der Waals surface area contributed by atoms with Gasteiger partial charge < -0.3 is 5.11 Å². The zero-order valence-electron chi connectivity index (χ0n) is 11.7. The predicted molar refractivity (Wildman–Crippen MR) is 81.6 cm³/mol. The Hall–Kier alpha value is -0.870. The van der Waals surface area contributed by atoms with Crippen LogP contribution in [0.15, 0.2) is 22.7 Å². The zero-order valence-corrected chi connectivity index (χ0v) is 13.3. The Morgan fingerprint density at radius 2 is 2.35 bits per heavy atom. The van der Waals surface area contributed by atoms with Crippen LogP contribution in [0.25, 0.3) is 0 Å². The minimum absolute atomic E-state index is 0.342. The lowest BCUT2D eigenvalue weighted by molar-refractivity contribution is -0.149. The summed E-state index contributed by atoms with van der Waals surface area (Å²) in [5, 5.41) is 9.60. The molecular formula is C16H20BrNO2. The molecule has 2 aliphatic rings. The molecule has 108 valence electrons. The highest BCUT2D eigenvalue weighted by atomic mass is 79.9. The van der Waals surface area contributed by atoms with Gasteiger partial charge in [-0.05, 0) is 42.9 Å². The molecule has 3 rings (SSSR count). The lowest BCUT2D eigenvalue weighted by Gasteiger charge is -2.23. The maximum absolute atomic E-state index is 11.7. The highest BCUT2D eigenvalue weighted by Gasteiger charge is 2.54. The van der Waals surface area contributed by atoms with Gasteiger partial charge in [0, 0.05) is 24.1 Å². The largest absolute Gasteiger partial charge is 0.481 e. The highest BCUT2D eigenvalue weighted by molar-refractivity contribution is 9.10. The molecule has 3 nitrogen and oxygen atoms in total. The number of benzene rings is 1. The van der Waals surface area contributed by atoms with Crippen molar-refractivity contribution in [3.8, 4) is 0 Å². The van der Waals surface area contributed by atoms with Gasteiger partial charge in [-0.25, -0.2) is 0 Å². The van der Waals surface area contributed by atoms with Crippen molar-refractivity contribution in [2.24, 2.45) is 11.3 Å². The van der Waals surface area contributed by atoms with Crippen molar-refractivity contribution in [2.75, 3.05) is 13.1 Å². The minimum atomic E-state index is -0.590. The first-order chi connectivity index (χ1) is 9.51. The van der Waals surface area contributed by atoms with Gasteiger partial charge in [-0.15, -0.1) is 0 Å². The summed E-state index contributed by atoms with van der Waals surface area (Å²) in [6, 6.07) is 6.40. The smallest absolute Gasteiger partial charge is 0.311 e. The number of carboxylic acid groups (broad SMARTS) is 1. The molecule has 1 heterocycles. The molecule has 4 heteroatoms.